The first-order valence-corrected chi connectivity index (χ1v) is 6.65. The van der Waals surface area contributed by atoms with Crippen LogP contribution in [0, 0.1) is 0 Å². The van der Waals surface area contributed by atoms with Crippen LogP contribution in [0.5, 0.6) is 0 Å². The van der Waals surface area contributed by atoms with Gasteiger partial charge in [0.2, 0.25) is 0 Å². The average molecular weight is 270 g/mol. The number of anilines is 2. The van der Waals surface area contributed by atoms with E-state index in [4.69, 9.17) is 0 Å². The van der Waals surface area contributed by atoms with E-state index in [1.54, 1.807) is 12.1 Å². The Kier molecular flexibility index (Phi) is 4.65. The van der Waals surface area contributed by atoms with Gasteiger partial charge in [0.1, 0.15) is 0 Å². The predicted molar refractivity (Wildman–Crippen MR) is 79.0 cm³/mol. The first kappa shape index (κ1) is 14.0. The molecule has 104 valence electrons. The molecule has 0 aliphatic rings. The maximum Gasteiger partial charge on any atom is 0.272 e. The largest absolute Gasteiger partial charge is 0.348 e. The third-order valence-electron chi connectivity index (χ3n) is 2.93. The number of nitrogens with one attached hydrogen (secondary N) is 2. The quantitative estimate of drug-likeness (QED) is 0.876. The van der Waals surface area contributed by atoms with Crippen molar-refractivity contribution in [2.24, 2.45) is 0 Å². The molecule has 2 rings (SSSR count). The van der Waals surface area contributed by atoms with Crippen molar-refractivity contribution in [1.82, 2.24) is 15.5 Å². The van der Waals surface area contributed by atoms with Gasteiger partial charge in [-0.3, -0.25) is 4.79 Å². The summed E-state index contributed by atoms with van der Waals surface area (Å²) in [5.74, 6) is 0.411. The van der Waals surface area contributed by atoms with E-state index in [9.17, 15) is 4.79 Å². The Hall–Kier alpha value is -2.43. The van der Waals surface area contributed by atoms with Crippen molar-refractivity contribution >= 4 is 17.4 Å². The van der Waals surface area contributed by atoms with E-state index < -0.39 is 0 Å². The topological polar surface area (TPSA) is 66.9 Å². The molecule has 1 atom stereocenters. The molecule has 1 aromatic carbocycles. The minimum Gasteiger partial charge on any atom is -0.348 e. The molecule has 0 radical (unpaired) electrons. The summed E-state index contributed by atoms with van der Waals surface area (Å²) in [5, 5.41) is 13.9. The van der Waals surface area contributed by atoms with Gasteiger partial charge >= 0.3 is 0 Å². The number of benzene rings is 1. The smallest absolute Gasteiger partial charge is 0.272 e. The number of aromatic nitrogens is 2. The third kappa shape index (κ3) is 3.78. The molecular formula is C15H18N4O. The lowest BCUT2D eigenvalue weighted by atomic mass is 10.2. The molecule has 1 heterocycles. The number of carbonyl (C=O) groups excluding carboxylic acids is 1. The van der Waals surface area contributed by atoms with Crippen LogP contribution in [-0.2, 0) is 0 Å². The highest BCUT2D eigenvalue weighted by Gasteiger charge is 2.10. The highest BCUT2D eigenvalue weighted by atomic mass is 16.2. The van der Waals surface area contributed by atoms with E-state index in [2.05, 4.69) is 20.8 Å². The van der Waals surface area contributed by atoms with E-state index in [0.29, 0.717) is 11.5 Å². The van der Waals surface area contributed by atoms with Crippen molar-refractivity contribution in [3.63, 3.8) is 0 Å². The van der Waals surface area contributed by atoms with E-state index in [-0.39, 0.29) is 11.9 Å². The second-order valence-electron chi connectivity index (χ2n) is 4.58. The van der Waals surface area contributed by atoms with Crippen molar-refractivity contribution in [2.75, 3.05) is 5.32 Å². The van der Waals surface area contributed by atoms with Gasteiger partial charge in [0, 0.05) is 11.7 Å². The third-order valence-corrected chi connectivity index (χ3v) is 2.93. The molecule has 1 amide bonds. The van der Waals surface area contributed by atoms with Gasteiger partial charge in [0.05, 0.1) is 0 Å². The monoisotopic (exact) mass is 270 g/mol. The summed E-state index contributed by atoms with van der Waals surface area (Å²) in [6, 6.07) is 13.2. The van der Waals surface area contributed by atoms with Gasteiger partial charge < -0.3 is 10.6 Å². The highest BCUT2D eigenvalue weighted by Crippen LogP contribution is 2.12. The van der Waals surface area contributed by atoms with Crippen LogP contribution in [0.2, 0.25) is 0 Å². The summed E-state index contributed by atoms with van der Waals surface area (Å²) in [6.07, 6.45) is 0.882. The molecule has 1 aromatic heterocycles. The van der Waals surface area contributed by atoms with Crippen LogP contribution in [0.4, 0.5) is 11.5 Å². The molecule has 5 nitrogen and oxygen atoms in total. The molecule has 0 aliphatic heterocycles. The van der Waals surface area contributed by atoms with E-state index in [1.807, 2.05) is 44.2 Å². The van der Waals surface area contributed by atoms with Crippen molar-refractivity contribution in [1.29, 1.82) is 0 Å². The van der Waals surface area contributed by atoms with Crippen LogP contribution in [-0.4, -0.2) is 22.1 Å². The van der Waals surface area contributed by atoms with E-state index >= 15 is 0 Å². The zero-order chi connectivity index (χ0) is 14.4. The maximum absolute atomic E-state index is 11.8. The number of rotatable bonds is 5. The number of amides is 1. The molecule has 0 spiro atoms. The predicted octanol–water partition coefficient (Wildman–Crippen LogP) is 2.75. The molecule has 0 aliphatic carbocycles. The first-order chi connectivity index (χ1) is 9.69. The zero-order valence-corrected chi connectivity index (χ0v) is 11.6. The lowest BCUT2D eigenvalue weighted by Crippen LogP contribution is -2.32. The van der Waals surface area contributed by atoms with Crippen LogP contribution < -0.4 is 10.6 Å². The molecule has 20 heavy (non-hydrogen) atoms. The lowest BCUT2D eigenvalue weighted by Gasteiger charge is -2.10. The second kappa shape index (κ2) is 6.65. The van der Waals surface area contributed by atoms with Crippen molar-refractivity contribution in [3.05, 3.63) is 48.2 Å². The summed E-state index contributed by atoms with van der Waals surface area (Å²) in [7, 11) is 0. The maximum atomic E-state index is 11.8. The molecule has 0 saturated heterocycles. The molecule has 2 aromatic rings. The van der Waals surface area contributed by atoms with Crippen molar-refractivity contribution < 1.29 is 4.79 Å². The standard InChI is InChI=1S/C15H18N4O/c1-3-11(2)16-15(20)13-9-10-14(19-18-13)17-12-7-5-4-6-8-12/h4-11H,3H2,1-2H3,(H,16,20)(H,17,19). The first-order valence-electron chi connectivity index (χ1n) is 6.65. The van der Waals surface area contributed by atoms with Crippen molar-refractivity contribution in [3.8, 4) is 0 Å². The molecule has 0 fully saturated rings. The van der Waals surface area contributed by atoms with Gasteiger partial charge in [-0.05, 0) is 37.6 Å². The molecular weight excluding hydrogens is 252 g/mol. The van der Waals surface area contributed by atoms with E-state index in [1.165, 1.54) is 0 Å². The van der Waals surface area contributed by atoms with Gasteiger partial charge in [0.15, 0.2) is 11.5 Å². The Balaban J connectivity index is 2.01. The van der Waals surface area contributed by atoms with Crippen LogP contribution in [0.1, 0.15) is 30.8 Å². The summed E-state index contributed by atoms with van der Waals surface area (Å²) in [5.41, 5.74) is 1.25. The van der Waals surface area contributed by atoms with Crippen LogP contribution in [0.15, 0.2) is 42.5 Å². The van der Waals surface area contributed by atoms with Crippen LogP contribution in [0.25, 0.3) is 0 Å². The fraction of sp³-hybridized carbons (Fsp3) is 0.267. The Bertz CT molecular complexity index is 554. The Morgan fingerprint density at radius 3 is 2.50 bits per heavy atom. The highest BCUT2D eigenvalue weighted by molar-refractivity contribution is 5.92. The van der Waals surface area contributed by atoms with Gasteiger partial charge in [-0.25, -0.2) is 0 Å². The number of para-hydroxylation sites is 1. The number of hydrogen-bond donors (Lipinski definition) is 2. The van der Waals surface area contributed by atoms with E-state index in [0.717, 1.165) is 12.1 Å². The zero-order valence-electron chi connectivity index (χ0n) is 11.6. The van der Waals surface area contributed by atoms with Gasteiger partial charge in [-0.2, -0.15) is 0 Å². The van der Waals surface area contributed by atoms with Gasteiger partial charge in [0.25, 0.3) is 5.91 Å². The lowest BCUT2D eigenvalue weighted by molar-refractivity contribution is 0.0933. The minimum absolute atomic E-state index is 0.131. The number of nitrogens with zero attached hydrogens (tertiary/aromatic N) is 2. The molecule has 5 heteroatoms. The molecule has 2 N–H and O–H groups in total. The van der Waals surface area contributed by atoms with Gasteiger partial charge in [-0.1, -0.05) is 25.1 Å². The summed E-state index contributed by atoms with van der Waals surface area (Å²) < 4.78 is 0. The number of hydrogen-bond acceptors (Lipinski definition) is 4. The minimum atomic E-state index is -0.196. The fourth-order valence-corrected chi connectivity index (χ4v) is 1.59. The average Bonchev–Trinajstić information content (AvgIpc) is 2.49. The summed E-state index contributed by atoms with van der Waals surface area (Å²) in [6.45, 7) is 3.97. The Labute approximate surface area is 118 Å². The summed E-state index contributed by atoms with van der Waals surface area (Å²) in [4.78, 5) is 11.8. The molecule has 0 bridgehead atoms. The Morgan fingerprint density at radius 2 is 1.90 bits per heavy atom. The fourth-order valence-electron chi connectivity index (χ4n) is 1.59. The second-order valence-corrected chi connectivity index (χ2v) is 4.58. The van der Waals surface area contributed by atoms with Gasteiger partial charge in [-0.15, -0.1) is 10.2 Å². The molecule has 0 saturated carbocycles. The Morgan fingerprint density at radius 1 is 1.15 bits per heavy atom. The van der Waals surface area contributed by atoms with Crippen LogP contribution in [0.3, 0.4) is 0 Å². The normalized spacial score (nSPS) is 11.7. The number of carbonyl (C=O) groups is 1. The molecule has 1 unspecified atom stereocenters. The summed E-state index contributed by atoms with van der Waals surface area (Å²) >= 11 is 0. The van der Waals surface area contributed by atoms with Crippen LogP contribution >= 0.6 is 0 Å². The van der Waals surface area contributed by atoms with Crippen molar-refractivity contribution in [2.45, 2.75) is 26.3 Å². The SMILES string of the molecule is CCC(C)NC(=O)c1ccc(Nc2ccccc2)nn1.